The second-order valence-corrected chi connectivity index (χ2v) is 9.19. The summed E-state index contributed by atoms with van der Waals surface area (Å²) in [6.07, 6.45) is 2.18. The third kappa shape index (κ3) is 4.70. The summed E-state index contributed by atoms with van der Waals surface area (Å²) in [5, 5.41) is 0.367. The lowest BCUT2D eigenvalue weighted by molar-refractivity contribution is -0.139. The van der Waals surface area contributed by atoms with Crippen molar-refractivity contribution in [2.75, 3.05) is 20.3 Å². The Morgan fingerprint density at radius 3 is 2.72 bits per heavy atom. The molecule has 1 fully saturated rings. The molecule has 8 heteroatoms. The normalized spacial score (nSPS) is 20.2. The van der Waals surface area contributed by atoms with E-state index in [0.29, 0.717) is 46.9 Å². The lowest BCUT2D eigenvalue weighted by Crippen LogP contribution is -2.40. The fourth-order valence-electron chi connectivity index (χ4n) is 3.61. The molecule has 1 aromatic carbocycles. The Labute approximate surface area is 193 Å². The maximum absolute atomic E-state index is 13.2. The number of methoxy groups -OCH3 is 1. The number of amides is 1. The summed E-state index contributed by atoms with van der Waals surface area (Å²) in [5.41, 5.74) is 1.59. The van der Waals surface area contributed by atoms with Crippen LogP contribution in [0.5, 0.6) is 11.5 Å². The Kier molecular flexibility index (Phi) is 7.66. The lowest BCUT2D eigenvalue weighted by Gasteiger charge is -2.33. The fraction of sp³-hybridized carbons (Fsp3) is 0.458. The summed E-state index contributed by atoms with van der Waals surface area (Å²) in [6, 6.07) is 4.82. The average Bonchev–Trinajstić information content (AvgIpc) is 3.09. The molecule has 1 amide bonds. The van der Waals surface area contributed by atoms with E-state index >= 15 is 0 Å². The Bertz CT molecular complexity index is 969. The number of nitrogens with zero attached hydrogens (tertiary/aromatic N) is 2. The molecule has 2 aliphatic rings. The third-order valence-corrected chi connectivity index (χ3v) is 6.47. The molecule has 0 aromatic heterocycles. The van der Waals surface area contributed by atoms with Gasteiger partial charge in [0.1, 0.15) is 6.61 Å². The number of benzene rings is 1. The number of amidine groups is 1. The minimum atomic E-state index is -0.663. The highest BCUT2D eigenvalue weighted by atomic mass is 32.2. The quantitative estimate of drug-likeness (QED) is 0.401. The van der Waals surface area contributed by atoms with Gasteiger partial charge in [-0.25, -0.2) is 9.79 Å². The van der Waals surface area contributed by atoms with Crippen molar-refractivity contribution < 1.29 is 23.8 Å². The van der Waals surface area contributed by atoms with Gasteiger partial charge in [-0.15, -0.1) is 0 Å². The molecule has 0 saturated carbocycles. The molecule has 2 unspecified atom stereocenters. The second kappa shape index (κ2) is 10.3. The predicted molar refractivity (Wildman–Crippen MR) is 126 cm³/mol. The van der Waals surface area contributed by atoms with Crippen molar-refractivity contribution in [2.24, 2.45) is 10.9 Å². The summed E-state index contributed by atoms with van der Waals surface area (Å²) < 4.78 is 16.8. The first-order valence-electron chi connectivity index (χ1n) is 10.7. The van der Waals surface area contributed by atoms with Crippen LogP contribution in [0.25, 0.3) is 0 Å². The molecule has 0 spiro atoms. The van der Waals surface area contributed by atoms with Crippen LogP contribution in [0.15, 0.2) is 47.1 Å². The Hall–Kier alpha value is -2.74. The van der Waals surface area contributed by atoms with E-state index in [9.17, 15) is 9.59 Å². The molecule has 3 rings (SSSR count). The van der Waals surface area contributed by atoms with E-state index in [4.69, 9.17) is 14.2 Å². The first-order chi connectivity index (χ1) is 15.3. The number of hydrogen-bond donors (Lipinski definition) is 0. The summed E-state index contributed by atoms with van der Waals surface area (Å²) in [6.45, 7) is 12.1. The number of allylic oxidation sites excluding steroid dienone is 1. The van der Waals surface area contributed by atoms with Crippen LogP contribution in [-0.4, -0.2) is 47.5 Å². The molecule has 2 atom stereocenters. The van der Waals surface area contributed by atoms with E-state index in [1.807, 2.05) is 25.1 Å². The Morgan fingerprint density at radius 2 is 2.09 bits per heavy atom. The van der Waals surface area contributed by atoms with Gasteiger partial charge in [0.25, 0.3) is 0 Å². The van der Waals surface area contributed by atoms with Gasteiger partial charge in [-0.3, -0.25) is 9.69 Å². The largest absolute Gasteiger partial charge is 0.493 e. The van der Waals surface area contributed by atoms with Gasteiger partial charge in [0.15, 0.2) is 16.7 Å². The molecular formula is C24H30N2O5S. The zero-order chi connectivity index (χ0) is 23.4. The van der Waals surface area contributed by atoms with Crippen molar-refractivity contribution in [1.29, 1.82) is 0 Å². The van der Waals surface area contributed by atoms with Crippen molar-refractivity contribution in [3.8, 4) is 11.5 Å². The zero-order valence-electron chi connectivity index (χ0n) is 19.2. The lowest BCUT2D eigenvalue weighted by atomic mass is 9.93. The molecule has 0 bridgehead atoms. The van der Waals surface area contributed by atoms with E-state index in [1.165, 1.54) is 17.8 Å². The summed E-state index contributed by atoms with van der Waals surface area (Å²) in [4.78, 5) is 32.4. The molecule has 1 aromatic rings. The average molecular weight is 459 g/mol. The van der Waals surface area contributed by atoms with E-state index in [2.05, 4.69) is 25.4 Å². The van der Waals surface area contributed by atoms with Gasteiger partial charge in [-0.2, -0.15) is 0 Å². The van der Waals surface area contributed by atoms with Crippen LogP contribution in [0.4, 0.5) is 0 Å². The van der Waals surface area contributed by atoms with E-state index in [1.54, 1.807) is 18.9 Å². The standard InChI is InChI=1S/C24H30N2O5S/c1-7-11-30-23(28)20-15(5)25-24-26(22(27)19(8-2)32-24)21(20)16-9-10-17(18(12-16)29-6)31-13-14(3)4/h7,9-10,12,14,19,21H,1,8,11,13H2,2-6H3. The first-order valence-corrected chi connectivity index (χ1v) is 11.6. The second-order valence-electron chi connectivity index (χ2n) is 8.02. The molecule has 7 nitrogen and oxygen atoms in total. The molecule has 1 saturated heterocycles. The number of thioether (sulfide) groups is 1. The maximum atomic E-state index is 13.2. The Morgan fingerprint density at radius 1 is 1.34 bits per heavy atom. The SMILES string of the molecule is C=CCOC(=O)C1=C(C)N=C2SC(CC)C(=O)N2C1c1ccc(OCC(C)C)c(OC)c1. The Balaban J connectivity index is 2.08. The highest BCUT2D eigenvalue weighted by Crippen LogP contribution is 2.45. The molecule has 0 aliphatic carbocycles. The molecule has 32 heavy (non-hydrogen) atoms. The molecule has 0 N–H and O–H groups in total. The van der Waals surface area contributed by atoms with Crippen LogP contribution in [0, 0.1) is 5.92 Å². The number of esters is 1. The van der Waals surface area contributed by atoms with E-state index < -0.39 is 12.0 Å². The number of hydrogen-bond acceptors (Lipinski definition) is 7. The van der Waals surface area contributed by atoms with Gasteiger partial charge in [-0.05, 0) is 37.0 Å². The topological polar surface area (TPSA) is 77.4 Å². The van der Waals surface area contributed by atoms with Gasteiger partial charge in [0, 0.05) is 0 Å². The number of carbonyl (C=O) groups is 2. The van der Waals surface area contributed by atoms with Gasteiger partial charge >= 0.3 is 5.97 Å². The minimum Gasteiger partial charge on any atom is -0.493 e. The highest BCUT2D eigenvalue weighted by molar-refractivity contribution is 8.15. The fourth-order valence-corrected chi connectivity index (χ4v) is 4.74. The van der Waals surface area contributed by atoms with Crippen LogP contribution < -0.4 is 9.47 Å². The minimum absolute atomic E-state index is 0.0677. The van der Waals surface area contributed by atoms with E-state index in [0.717, 1.165) is 5.56 Å². The molecule has 172 valence electrons. The monoisotopic (exact) mass is 458 g/mol. The summed E-state index contributed by atoms with van der Waals surface area (Å²) in [5.74, 6) is 0.919. The van der Waals surface area contributed by atoms with E-state index in [-0.39, 0.29) is 17.8 Å². The number of rotatable bonds is 9. The van der Waals surface area contributed by atoms with Crippen LogP contribution in [0.3, 0.4) is 0 Å². The van der Waals surface area contributed by atoms with Crippen molar-refractivity contribution >= 4 is 28.8 Å². The molecule has 2 aliphatic heterocycles. The number of carbonyl (C=O) groups excluding carboxylic acids is 2. The van der Waals surface area contributed by atoms with Crippen LogP contribution in [0.1, 0.15) is 45.7 Å². The zero-order valence-corrected chi connectivity index (χ0v) is 20.0. The number of fused-ring (bicyclic) bond motifs is 1. The number of ether oxygens (including phenoxy) is 3. The van der Waals surface area contributed by atoms with Crippen molar-refractivity contribution in [2.45, 2.75) is 45.4 Å². The van der Waals surface area contributed by atoms with Crippen LogP contribution in [-0.2, 0) is 14.3 Å². The van der Waals surface area contributed by atoms with Crippen LogP contribution >= 0.6 is 11.8 Å². The summed E-state index contributed by atoms with van der Waals surface area (Å²) in [7, 11) is 1.57. The molecular weight excluding hydrogens is 428 g/mol. The molecule has 0 radical (unpaired) electrons. The molecule has 2 heterocycles. The smallest absolute Gasteiger partial charge is 0.338 e. The third-order valence-electron chi connectivity index (χ3n) is 5.15. The van der Waals surface area contributed by atoms with Gasteiger partial charge in [-0.1, -0.05) is 51.3 Å². The predicted octanol–water partition coefficient (Wildman–Crippen LogP) is 4.50. The highest BCUT2D eigenvalue weighted by Gasteiger charge is 2.47. The maximum Gasteiger partial charge on any atom is 0.338 e. The van der Waals surface area contributed by atoms with Crippen molar-refractivity contribution in [1.82, 2.24) is 4.90 Å². The van der Waals surface area contributed by atoms with Crippen LogP contribution in [0.2, 0.25) is 0 Å². The van der Waals surface area contributed by atoms with Crippen molar-refractivity contribution in [3.63, 3.8) is 0 Å². The summed E-state index contributed by atoms with van der Waals surface area (Å²) >= 11 is 1.43. The number of aliphatic imine (C=N–C) groups is 1. The first kappa shape index (κ1) is 23.9. The van der Waals surface area contributed by atoms with Gasteiger partial charge in [0.05, 0.1) is 36.3 Å². The van der Waals surface area contributed by atoms with Gasteiger partial charge in [0.2, 0.25) is 5.91 Å². The van der Waals surface area contributed by atoms with Gasteiger partial charge < -0.3 is 14.2 Å². The van der Waals surface area contributed by atoms with Crippen molar-refractivity contribution in [3.05, 3.63) is 47.7 Å².